The maximum absolute atomic E-state index is 7.63. The van der Waals surface area contributed by atoms with Gasteiger partial charge in [-0.25, -0.2) is 0 Å². The van der Waals surface area contributed by atoms with Crippen molar-refractivity contribution in [3.05, 3.63) is 12.2 Å². The molecule has 1 aliphatic carbocycles. The Morgan fingerprint density at radius 1 is 1.29 bits per heavy atom. The van der Waals surface area contributed by atoms with Gasteiger partial charge in [0.15, 0.2) is 0 Å². The van der Waals surface area contributed by atoms with Crippen LogP contribution in [0.3, 0.4) is 0 Å². The van der Waals surface area contributed by atoms with Crippen LogP contribution in [-0.4, -0.2) is 18.3 Å². The molecule has 1 aliphatic heterocycles. The average Bonchev–Trinajstić information content (AvgIpc) is 2.56. The van der Waals surface area contributed by atoms with Crippen molar-refractivity contribution in [3.63, 3.8) is 0 Å². The van der Waals surface area contributed by atoms with Crippen LogP contribution in [0.2, 0.25) is 5.82 Å². The van der Waals surface area contributed by atoms with Crippen LogP contribution in [0.15, 0.2) is 12.2 Å². The van der Waals surface area contributed by atoms with Crippen LogP contribution in [0.5, 0.6) is 0 Å². The molecule has 0 aromatic carbocycles. The standard InChI is InChI=1S/C11H19BO2/c1-10(2)11(3,4)14-12(13-10)9-7-5-6-8-9/h5,7,9H,6,8H2,1-4H3/t9-/m1/s1/i6D/t6-,9-. The minimum atomic E-state index is -0.258. The summed E-state index contributed by atoms with van der Waals surface area (Å²) in [4.78, 5) is 0. The second-order valence-corrected chi connectivity index (χ2v) is 5.14. The van der Waals surface area contributed by atoms with Crippen LogP contribution in [0.1, 0.15) is 41.9 Å². The predicted octanol–water partition coefficient (Wildman–Crippen LogP) is 2.80. The van der Waals surface area contributed by atoms with E-state index in [4.69, 9.17) is 10.7 Å². The van der Waals surface area contributed by atoms with E-state index in [-0.39, 0.29) is 30.5 Å². The second-order valence-electron chi connectivity index (χ2n) is 5.14. The molecule has 0 N–H and O–H groups in total. The molecule has 0 aromatic heterocycles. The molecule has 2 nitrogen and oxygen atoms in total. The summed E-state index contributed by atoms with van der Waals surface area (Å²) in [6.07, 6.45) is 4.71. The molecule has 0 aromatic rings. The largest absolute Gasteiger partial charge is 0.465 e. The quantitative estimate of drug-likeness (QED) is 0.473. The molecule has 2 rings (SSSR count). The Balaban J connectivity index is 2.07. The van der Waals surface area contributed by atoms with Crippen molar-refractivity contribution in [2.75, 3.05) is 0 Å². The molecule has 1 saturated heterocycles. The first-order chi connectivity index (χ1) is 6.82. The highest BCUT2D eigenvalue weighted by Crippen LogP contribution is 2.42. The van der Waals surface area contributed by atoms with Gasteiger partial charge in [0.1, 0.15) is 0 Å². The summed E-state index contributed by atoms with van der Waals surface area (Å²) >= 11 is 0. The molecule has 1 heterocycles. The Kier molecular flexibility index (Phi) is 2.00. The lowest BCUT2D eigenvalue weighted by atomic mass is 9.72. The Hall–Kier alpha value is -0.275. The fraction of sp³-hybridized carbons (Fsp3) is 0.818. The van der Waals surface area contributed by atoms with E-state index < -0.39 is 0 Å². The third-order valence-electron chi connectivity index (χ3n) is 3.52. The summed E-state index contributed by atoms with van der Waals surface area (Å²) in [5.74, 6) is 0.244. The van der Waals surface area contributed by atoms with Gasteiger partial charge in [0, 0.05) is 7.19 Å². The van der Waals surface area contributed by atoms with Gasteiger partial charge < -0.3 is 9.31 Å². The molecule has 2 aliphatic rings. The molecule has 0 unspecified atom stereocenters. The number of hydrogen-bond acceptors (Lipinski definition) is 2. The Bertz CT molecular complexity index is 272. The van der Waals surface area contributed by atoms with Gasteiger partial charge in [0.25, 0.3) is 0 Å². The van der Waals surface area contributed by atoms with Gasteiger partial charge in [-0.1, -0.05) is 12.2 Å². The fourth-order valence-corrected chi connectivity index (χ4v) is 1.80. The first-order valence-electron chi connectivity index (χ1n) is 5.86. The minimum absolute atomic E-state index is 0.0889. The molecular weight excluding hydrogens is 175 g/mol. The van der Waals surface area contributed by atoms with Gasteiger partial charge in [-0.15, -0.1) is 0 Å². The van der Waals surface area contributed by atoms with Crippen molar-refractivity contribution < 1.29 is 10.7 Å². The molecule has 0 radical (unpaired) electrons. The molecule has 0 amide bonds. The molecule has 78 valence electrons. The Morgan fingerprint density at radius 3 is 2.29 bits per heavy atom. The van der Waals surface area contributed by atoms with Crippen molar-refractivity contribution in [3.8, 4) is 0 Å². The topological polar surface area (TPSA) is 18.5 Å². The maximum atomic E-state index is 7.63. The van der Waals surface area contributed by atoms with Crippen molar-refractivity contribution >= 4 is 7.12 Å². The maximum Gasteiger partial charge on any atom is 0.465 e. The van der Waals surface area contributed by atoms with Crippen LogP contribution in [0.25, 0.3) is 0 Å². The van der Waals surface area contributed by atoms with Gasteiger partial charge in [0.2, 0.25) is 0 Å². The summed E-state index contributed by atoms with van der Waals surface area (Å²) in [6.45, 7) is 8.24. The van der Waals surface area contributed by atoms with Gasteiger partial charge in [-0.3, -0.25) is 0 Å². The Labute approximate surface area is 88.2 Å². The van der Waals surface area contributed by atoms with E-state index in [1.54, 1.807) is 0 Å². The van der Waals surface area contributed by atoms with Crippen molar-refractivity contribution in [1.82, 2.24) is 0 Å². The van der Waals surface area contributed by atoms with Crippen molar-refractivity contribution in [2.45, 2.75) is 57.5 Å². The molecule has 0 saturated carbocycles. The van der Waals surface area contributed by atoms with Crippen LogP contribution < -0.4 is 0 Å². The monoisotopic (exact) mass is 195 g/mol. The summed E-state index contributed by atoms with van der Waals surface area (Å²) in [6, 6.07) is 0. The average molecular weight is 195 g/mol. The van der Waals surface area contributed by atoms with Gasteiger partial charge in [0.05, 0.1) is 11.2 Å². The van der Waals surface area contributed by atoms with E-state index in [2.05, 4.69) is 33.8 Å². The number of allylic oxidation sites excluding steroid dienone is 2. The lowest BCUT2D eigenvalue weighted by molar-refractivity contribution is 0.00578. The zero-order valence-electron chi connectivity index (χ0n) is 10.4. The summed E-state index contributed by atoms with van der Waals surface area (Å²) in [5.41, 5.74) is -0.517. The van der Waals surface area contributed by atoms with E-state index in [0.717, 1.165) is 6.42 Å². The fourth-order valence-electron chi connectivity index (χ4n) is 1.80. The highest BCUT2D eigenvalue weighted by Gasteiger charge is 2.53. The van der Waals surface area contributed by atoms with Crippen LogP contribution in [-0.2, 0) is 9.31 Å². The summed E-state index contributed by atoms with van der Waals surface area (Å²) < 4.78 is 19.5. The zero-order valence-corrected chi connectivity index (χ0v) is 9.41. The van der Waals surface area contributed by atoms with E-state index in [0.29, 0.717) is 0 Å². The smallest absolute Gasteiger partial charge is 0.403 e. The molecule has 0 spiro atoms. The minimum Gasteiger partial charge on any atom is -0.403 e. The summed E-state index contributed by atoms with van der Waals surface area (Å²) in [7, 11) is -0.179. The highest BCUT2D eigenvalue weighted by atomic mass is 16.7. The van der Waals surface area contributed by atoms with E-state index in [9.17, 15) is 0 Å². The van der Waals surface area contributed by atoms with Crippen LogP contribution in [0.4, 0.5) is 0 Å². The van der Waals surface area contributed by atoms with E-state index in [1.807, 2.05) is 6.08 Å². The molecule has 14 heavy (non-hydrogen) atoms. The zero-order chi connectivity index (χ0) is 11.3. The summed E-state index contributed by atoms with van der Waals surface area (Å²) in [5, 5.41) is 0. The van der Waals surface area contributed by atoms with Crippen molar-refractivity contribution in [2.24, 2.45) is 0 Å². The lowest BCUT2D eigenvalue weighted by Gasteiger charge is -2.32. The molecule has 0 bridgehead atoms. The molecular formula is C11H19BO2. The first-order valence-corrected chi connectivity index (χ1v) is 5.28. The first kappa shape index (κ1) is 8.99. The molecule has 2 atom stereocenters. The SMILES string of the molecule is [2H][C@@H]1C=C[C@@H](B2OC(C)(C)C(C)(C)O2)C1. The second kappa shape index (κ2) is 3.11. The third-order valence-corrected chi connectivity index (χ3v) is 3.52. The lowest BCUT2D eigenvalue weighted by Crippen LogP contribution is -2.41. The van der Waals surface area contributed by atoms with E-state index >= 15 is 0 Å². The highest BCUT2D eigenvalue weighted by molar-refractivity contribution is 6.48. The normalized spacial score (nSPS) is 40.3. The third kappa shape index (κ3) is 1.53. The van der Waals surface area contributed by atoms with Gasteiger partial charge >= 0.3 is 7.12 Å². The van der Waals surface area contributed by atoms with Crippen molar-refractivity contribution in [1.29, 1.82) is 0 Å². The van der Waals surface area contributed by atoms with Crippen LogP contribution >= 0.6 is 0 Å². The number of rotatable bonds is 1. The van der Waals surface area contributed by atoms with Gasteiger partial charge in [-0.05, 0) is 40.5 Å². The van der Waals surface area contributed by atoms with E-state index in [1.165, 1.54) is 0 Å². The Morgan fingerprint density at radius 2 is 1.86 bits per heavy atom. The molecule has 1 fully saturated rings. The molecule has 3 heteroatoms. The van der Waals surface area contributed by atoms with Crippen LogP contribution in [0, 0.1) is 0 Å². The van der Waals surface area contributed by atoms with Gasteiger partial charge in [-0.2, -0.15) is 0 Å². The predicted molar refractivity (Wildman–Crippen MR) is 58.2 cm³/mol. The number of hydrogen-bond donors (Lipinski definition) is 0.